The van der Waals surface area contributed by atoms with E-state index in [1.165, 1.54) is 12.3 Å². The number of piperidine rings is 1. The summed E-state index contributed by atoms with van der Waals surface area (Å²) < 4.78 is 44.4. The summed E-state index contributed by atoms with van der Waals surface area (Å²) in [6.45, 7) is 2.36. The molecule has 144 valence electrons. The van der Waals surface area contributed by atoms with Crippen LogP contribution in [-0.4, -0.2) is 47.9 Å². The zero-order chi connectivity index (χ0) is 18.9. The van der Waals surface area contributed by atoms with Crippen LogP contribution in [-0.2, 0) is 20.7 Å². The number of ether oxygens (including phenoxy) is 2. The van der Waals surface area contributed by atoms with E-state index in [4.69, 9.17) is 13.9 Å². The number of halogens is 2. The Morgan fingerprint density at radius 2 is 1.81 bits per heavy atom. The van der Waals surface area contributed by atoms with Crippen molar-refractivity contribution in [3.8, 4) is 11.3 Å². The number of hydrogen-bond acceptors (Lipinski definition) is 5. The fourth-order valence-electron chi connectivity index (χ4n) is 3.53. The van der Waals surface area contributed by atoms with Crippen molar-refractivity contribution >= 4 is 5.91 Å². The maximum absolute atomic E-state index is 13.8. The minimum atomic E-state index is -0.715. The van der Waals surface area contributed by atoms with Gasteiger partial charge in [-0.1, -0.05) is 6.07 Å². The lowest BCUT2D eigenvalue weighted by molar-refractivity contribution is -0.187. The molecule has 0 atom stereocenters. The maximum atomic E-state index is 13.8. The zero-order valence-electron chi connectivity index (χ0n) is 14.7. The molecule has 2 aliphatic rings. The number of hydrogen-bond donors (Lipinski definition) is 0. The Kier molecular flexibility index (Phi) is 4.92. The summed E-state index contributed by atoms with van der Waals surface area (Å²) in [7, 11) is 0. The molecule has 0 N–H and O–H groups in total. The van der Waals surface area contributed by atoms with Gasteiger partial charge in [0.05, 0.1) is 25.0 Å². The van der Waals surface area contributed by atoms with Gasteiger partial charge in [-0.25, -0.2) is 13.8 Å². The van der Waals surface area contributed by atoms with Gasteiger partial charge in [0, 0.05) is 38.8 Å². The first-order valence-corrected chi connectivity index (χ1v) is 9.01. The Balaban J connectivity index is 1.33. The molecular weight excluding hydrogens is 358 g/mol. The third kappa shape index (κ3) is 3.72. The van der Waals surface area contributed by atoms with Crippen LogP contribution in [0.2, 0.25) is 0 Å². The first-order valence-electron chi connectivity index (χ1n) is 9.01. The second kappa shape index (κ2) is 7.36. The fraction of sp³-hybridized carbons (Fsp3) is 0.474. The lowest BCUT2D eigenvalue weighted by Crippen LogP contribution is -2.47. The van der Waals surface area contributed by atoms with Crippen molar-refractivity contribution in [1.82, 2.24) is 9.88 Å². The molecule has 2 aromatic rings. The molecule has 27 heavy (non-hydrogen) atoms. The third-order valence-corrected chi connectivity index (χ3v) is 5.01. The van der Waals surface area contributed by atoms with Crippen LogP contribution in [0.3, 0.4) is 0 Å². The number of oxazole rings is 1. The topological polar surface area (TPSA) is 64.8 Å². The van der Waals surface area contributed by atoms with Crippen LogP contribution in [0.1, 0.15) is 25.2 Å². The average molecular weight is 378 g/mol. The molecule has 1 amide bonds. The van der Waals surface area contributed by atoms with Gasteiger partial charge in [-0.2, -0.15) is 0 Å². The van der Waals surface area contributed by atoms with E-state index in [-0.39, 0.29) is 36.0 Å². The highest BCUT2D eigenvalue weighted by molar-refractivity contribution is 5.76. The number of amides is 1. The summed E-state index contributed by atoms with van der Waals surface area (Å²) >= 11 is 0. The fourth-order valence-corrected chi connectivity index (χ4v) is 3.53. The summed E-state index contributed by atoms with van der Waals surface area (Å²) in [4.78, 5) is 18.2. The number of aromatic nitrogens is 1. The van der Waals surface area contributed by atoms with E-state index in [0.717, 1.165) is 12.1 Å². The Bertz CT molecular complexity index is 803. The average Bonchev–Trinajstić information content (AvgIpc) is 3.30. The van der Waals surface area contributed by atoms with Gasteiger partial charge < -0.3 is 18.8 Å². The van der Waals surface area contributed by atoms with Crippen molar-refractivity contribution in [3.63, 3.8) is 0 Å². The minimum absolute atomic E-state index is 0.0142. The molecule has 0 unspecified atom stereocenters. The standard InChI is InChI=1S/C19H20F2N2O4/c20-13-2-1-3-14(21)18(13)15-12-22-16(27-15)4-5-17(24)23-8-6-19(7-9-23)25-10-11-26-19/h1-3,12H,4-11H2. The zero-order valence-corrected chi connectivity index (χ0v) is 14.7. The molecule has 8 heteroatoms. The normalized spacial score (nSPS) is 19.0. The van der Waals surface area contributed by atoms with Crippen molar-refractivity contribution < 1.29 is 27.5 Å². The Morgan fingerprint density at radius 3 is 2.48 bits per heavy atom. The monoisotopic (exact) mass is 378 g/mol. The van der Waals surface area contributed by atoms with Gasteiger partial charge in [-0.15, -0.1) is 0 Å². The molecule has 3 heterocycles. The quantitative estimate of drug-likeness (QED) is 0.819. The molecule has 1 spiro atoms. The summed E-state index contributed by atoms with van der Waals surface area (Å²) in [5.41, 5.74) is -0.250. The SMILES string of the molecule is O=C(CCc1ncc(-c2c(F)cccc2F)o1)N1CCC2(CC1)OCCO2. The van der Waals surface area contributed by atoms with Crippen LogP contribution >= 0.6 is 0 Å². The van der Waals surface area contributed by atoms with Gasteiger partial charge in [-0.05, 0) is 12.1 Å². The van der Waals surface area contributed by atoms with E-state index < -0.39 is 17.4 Å². The largest absolute Gasteiger partial charge is 0.441 e. The van der Waals surface area contributed by atoms with Gasteiger partial charge in [0.25, 0.3) is 0 Å². The molecule has 0 radical (unpaired) electrons. The van der Waals surface area contributed by atoms with Crippen LogP contribution in [0.15, 0.2) is 28.8 Å². The van der Waals surface area contributed by atoms with Gasteiger partial charge in [0.15, 0.2) is 17.4 Å². The second-order valence-electron chi connectivity index (χ2n) is 6.70. The number of benzene rings is 1. The lowest BCUT2D eigenvalue weighted by Gasteiger charge is -2.37. The predicted molar refractivity (Wildman–Crippen MR) is 90.6 cm³/mol. The van der Waals surface area contributed by atoms with E-state index in [1.54, 1.807) is 4.90 Å². The molecule has 2 aliphatic heterocycles. The molecule has 2 fully saturated rings. The van der Waals surface area contributed by atoms with E-state index in [0.29, 0.717) is 39.1 Å². The van der Waals surface area contributed by atoms with Crippen LogP contribution in [0.4, 0.5) is 8.78 Å². The molecule has 6 nitrogen and oxygen atoms in total. The highest BCUT2D eigenvalue weighted by Gasteiger charge is 2.40. The molecule has 2 saturated heterocycles. The number of likely N-dealkylation sites (tertiary alicyclic amines) is 1. The van der Waals surface area contributed by atoms with Gasteiger partial charge in [0.1, 0.15) is 11.6 Å². The number of rotatable bonds is 4. The highest BCUT2D eigenvalue weighted by atomic mass is 19.1. The van der Waals surface area contributed by atoms with Crippen molar-refractivity contribution in [3.05, 3.63) is 41.9 Å². The predicted octanol–water partition coefficient (Wildman–Crippen LogP) is 2.92. The maximum Gasteiger partial charge on any atom is 0.223 e. The number of carbonyl (C=O) groups is 1. The summed E-state index contributed by atoms with van der Waals surface area (Å²) in [5, 5.41) is 0. The van der Waals surface area contributed by atoms with Crippen LogP contribution in [0.25, 0.3) is 11.3 Å². The first kappa shape index (κ1) is 18.1. The summed E-state index contributed by atoms with van der Waals surface area (Å²) in [6, 6.07) is 3.60. The van der Waals surface area contributed by atoms with E-state index in [2.05, 4.69) is 4.98 Å². The van der Waals surface area contributed by atoms with E-state index in [1.807, 2.05) is 0 Å². The van der Waals surface area contributed by atoms with Crippen molar-refractivity contribution in [2.75, 3.05) is 26.3 Å². The van der Waals surface area contributed by atoms with Crippen molar-refractivity contribution in [2.24, 2.45) is 0 Å². The minimum Gasteiger partial charge on any atom is -0.441 e. The Labute approximate surface area is 155 Å². The molecule has 0 bridgehead atoms. The number of aryl methyl sites for hydroxylation is 1. The van der Waals surface area contributed by atoms with Gasteiger partial charge >= 0.3 is 0 Å². The van der Waals surface area contributed by atoms with Crippen LogP contribution in [0, 0.1) is 11.6 Å². The van der Waals surface area contributed by atoms with E-state index in [9.17, 15) is 13.6 Å². The lowest BCUT2D eigenvalue weighted by atomic mass is 10.0. The molecule has 0 aliphatic carbocycles. The van der Waals surface area contributed by atoms with Crippen LogP contribution < -0.4 is 0 Å². The summed E-state index contributed by atoms with van der Waals surface area (Å²) in [6.07, 6.45) is 3.08. The summed E-state index contributed by atoms with van der Waals surface area (Å²) in [5.74, 6) is -1.67. The van der Waals surface area contributed by atoms with Gasteiger partial charge in [0.2, 0.25) is 5.91 Å². The van der Waals surface area contributed by atoms with Crippen molar-refractivity contribution in [1.29, 1.82) is 0 Å². The molecule has 4 rings (SSSR count). The smallest absolute Gasteiger partial charge is 0.223 e. The van der Waals surface area contributed by atoms with Crippen LogP contribution in [0.5, 0.6) is 0 Å². The first-order chi connectivity index (χ1) is 13.1. The van der Waals surface area contributed by atoms with Gasteiger partial charge in [-0.3, -0.25) is 4.79 Å². The van der Waals surface area contributed by atoms with Crippen molar-refractivity contribution in [2.45, 2.75) is 31.5 Å². The molecular formula is C19H20F2N2O4. The highest BCUT2D eigenvalue weighted by Crippen LogP contribution is 2.31. The third-order valence-electron chi connectivity index (χ3n) is 5.01. The Morgan fingerprint density at radius 1 is 1.15 bits per heavy atom. The Hall–Kier alpha value is -2.32. The molecule has 1 aromatic carbocycles. The van der Waals surface area contributed by atoms with E-state index >= 15 is 0 Å². The number of carbonyl (C=O) groups excluding carboxylic acids is 1. The number of nitrogens with zero attached hydrogens (tertiary/aromatic N) is 2. The molecule has 0 saturated carbocycles. The molecule has 1 aromatic heterocycles. The second-order valence-corrected chi connectivity index (χ2v) is 6.70.